The summed E-state index contributed by atoms with van der Waals surface area (Å²) in [5.74, 6) is 0.131. The summed E-state index contributed by atoms with van der Waals surface area (Å²) in [4.78, 5) is 11.2. The Hall–Kier alpha value is -1.89. The second-order valence-electron chi connectivity index (χ2n) is 3.99. The van der Waals surface area contributed by atoms with Gasteiger partial charge < -0.3 is 20.1 Å². The molecule has 2 N–H and O–H groups in total. The summed E-state index contributed by atoms with van der Waals surface area (Å²) in [7, 11) is 3.07. The van der Waals surface area contributed by atoms with Gasteiger partial charge in [0.2, 0.25) is 5.91 Å². The van der Waals surface area contributed by atoms with Crippen LogP contribution in [0.2, 0.25) is 0 Å². The van der Waals surface area contributed by atoms with Crippen LogP contribution in [0.5, 0.6) is 11.5 Å². The summed E-state index contributed by atoms with van der Waals surface area (Å²) in [6.07, 6.45) is 0.570. The number of amides is 1. The van der Waals surface area contributed by atoms with Crippen LogP contribution in [-0.2, 0) is 11.2 Å². The van der Waals surface area contributed by atoms with E-state index in [2.05, 4.69) is 15.4 Å². The molecule has 0 spiro atoms. The molecule has 1 rings (SSSR count). The van der Waals surface area contributed by atoms with Crippen LogP contribution >= 0.6 is 0 Å². The molecular formula is C13H18F2N2O3. The highest BCUT2D eigenvalue weighted by Crippen LogP contribution is 2.29. The average Bonchev–Trinajstić information content (AvgIpc) is 2.40. The van der Waals surface area contributed by atoms with E-state index < -0.39 is 6.61 Å². The minimum Gasteiger partial charge on any atom is -0.493 e. The van der Waals surface area contributed by atoms with Gasteiger partial charge in [-0.1, -0.05) is 6.07 Å². The first kappa shape index (κ1) is 16.2. The van der Waals surface area contributed by atoms with Crippen LogP contribution in [0.4, 0.5) is 8.78 Å². The lowest BCUT2D eigenvalue weighted by atomic mass is 10.1. The second kappa shape index (κ2) is 8.31. The Bertz CT molecular complexity index is 442. The van der Waals surface area contributed by atoms with Crippen LogP contribution in [0, 0.1) is 0 Å². The largest absolute Gasteiger partial charge is 0.493 e. The Kier molecular flexibility index (Phi) is 6.72. The van der Waals surface area contributed by atoms with E-state index in [1.165, 1.54) is 13.2 Å². The monoisotopic (exact) mass is 288 g/mol. The van der Waals surface area contributed by atoms with E-state index in [1.807, 2.05) is 0 Å². The van der Waals surface area contributed by atoms with Gasteiger partial charge in [-0.15, -0.1) is 0 Å². The van der Waals surface area contributed by atoms with E-state index >= 15 is 0 Å². The molecule has 1 aromatic carbocycles. The molecular weight excluding hydrogens is 270 g/mol. The zero-order chi connectivity index (χ0) is 15.0. The van der Waals surface area contributed by atoms with Crippen LogP contribution < -0.4 is 20.1 Å². The third-order valence-electron chi connectivity index (χ3n) is 2.52. The number of likely N-dealkylation sites (N-methyl/N-ethyl adjacent to an activating group) is 1. The van der Waals surface area contributed by atoms with Crippen molar-refractivity contribution in [2.75, 3.05) is 27.2 Å². The van der Waals surface area contributed by atoms with Gasteiger partial charge in [-0.05, 0) is 31.2 Å². The number of alkyl halides is 2. The number of benzene rings is 1. The van der Waals surface area contributed by atoms with E-state index in [1.54, 1.807) is 19.2 Å². The molecule has 0 aromatic heterocycles. The summed E-state index contributed by atoms with van der Waals surface area (Å²) in [5.41, 5.74) is 0.855. The number of halogens is 2. The minimum absolute atomic E-state index is 0.00883. The van der Waals surface area contributed by atoms with Crippen molar-refractivity contribution in [2.45, 2.75) is 13.0 Å². The molecule has 0 saturated heterocycles. The van der Waals surface area contributed by atoms with Crippen LogP contribution in [0.1, 0.15) is 5.56 Å². The van der Waals surface area contributed by atoms with Crippen LogP contribution in [-0.4, -0.2) is 39.8 Å². The molecule has 0 aliphatic rings. The molecule has 0 fully saturated rings. The van der Waals surface area contributed by atoms with Gasteiger partial charge in [0.25, 0.3) is 0 Å². The molecule has 0 bridgehead atoms. The van der Waals surface area contributed by atoms with Crippen LogP contribution in [0.25, 0.3) is 0 Å². The molecule has 1 aromatic rings. The Morgan fingerprint density at radius 2 is 2.10 bits per heavy atom. The van der Waals surface area contributed by atoms with Crippen molar-refractivity contribution >= 4 is 5.91 Å². The molecule has 1 amide bonds. The van der Waals surface area contributed by atoms with Crippen molar-refractivity contribution in [1.29, 1.82) is 0 Å². The topological polar surface area (TPSA) is 59.6 Å². The SMILES string of the molecule is CNCC(=O)NCCc1ccc(OC(F)F)c(OC)c1. The number of methoxy groups -OCH3 is 1. The lowest BCUT2D eigenvalue weighted by Gasteiger charge is -2.11. The Morgan fingerprint density at radius 1 is 1.35 bits per heavy atom. The maximum Gasteiger partial charge on any atom is 0.387 e. The van der Waals surface area contributed by atoms with Crippen molar-refractivity contribution in [3.8, 4) is 11.5 Å². The number of rotatable bonds is 8. The van der Waals surface area contributed by atoms with Crippen molar-refractivity contribution in [3.05, 3.63) is 23.8 Å². The van der Waals surface area contributed by atoms with E-state index in [9.17, 15) is 13.6 Å². The standard InChI is InChI=1S/C13H18F2N2O3/c1-16-8-12(18)17-6-5-9-3-4-10(20-13(14)15)11(7-9)19-2/h3-4,7,13,16H,5-6,8H2,1-2H3,(H,17,18). The van der Waals surface area contributed by atoms with Gasteiger partial charge in [0, 0.05) is 6.54 Å². The maximum absolute atomic E-state index is 12.2. The molecule has 20 heavy (non-hydrogen) atoms. The highest BCUT2D eigenvalue weighted by Gasteiger charge is 2.11. The van der Waals surface area contributed by atoms with E-state index in [0.29, 0.717) is 13.0 Å². The smallest absolute Gasteiger partial charge is 0.387 e. The first-order valence-electron chi connectivity index (χ1n) is 6.10. The first-order chi connectivity index (χ1) is 9.56. The lowest BCUT2D eigenvalue weighted by molar-refractivity contribution is -0.120. The van der Waals surface area contributed by atoms with Gasteiger partial charge in [0.1, 0.15) is 0 Å². The Morgan fingerprint density at radius 3 is 2.70 bits per heavy atom. The number of nitrogens with one attached hydrogen (secondary N) is 2. The van der Waals surface area contributed by atoms with Gasteiger partial charge in [-0.25, -0.2) is 0 Å². The molecule has 0 atom stereocenters. The van der Waals surface area contributed by atoms with Gasteiger partial charge in [-0.2, -0.15) is 8.78 Å². The molecule has 112 valence electrons. The number of hydrogen-bond donors (Lipinski definition) is 2. The van der Waals surface area contributed by atoms with Crippen molar-refractivity contribution < 1.29 is 23.0 Å². The fraction of sp³-hybridized carbons (Fsp3) is 0.462. The predicted molar refractivity (Wildman–Crippen MR) is 70.3 cm³/mol. The predicted octanol–water partition coefficient (Wildman–Crippen LogP) is 1.17. The summed E-state index contributed by atoms with van der Waals surface area (Å²) in [6.45, 7) is -2.18. The Labute approximate surface area is 116 Å². The molecule has 7 heteroatoms. The summed E-state index contributed by atoms with van der Waals surface area (Å²) in [5, 5.41) is 5.46. The maximum atomic E-state index is 12.2. The molecule has 0 unspecified atom stereocenters. The van der Waals surface area contributed by atoms with Crippen molar-refractivity contribution in [3.63, 3.8) is 0 Å². The molecule has 5 nitrogen and oxygen atoms in total. The average molecular weight is 288 g/mol. The molecule has 0 heterocycles. The summed E-state index contributed by atoms with van der Waals surface area (Å²) < 4.78 is 33.7. The van der Waals surface area contributed by atoms with Gasteiger partial charge >= 0.3 is 6.61 Å². The third kappa shape index (κ3) is 5.40. The summed E-state index contributed by atoms with van der Waals surface area (Å²) >= 11 is 0. The van der Waals surface area contributed by atoms with E-state index in [0.717, 1.165) is 5.56 Å². The lowest BCUT2D eigenvalue weighted by Crippen LogP contribution is -2.33. The normalized spacial score (nSPS) is 10.4. The number of hydrogen-bond acceptors (Lipinski definition) is 4. The molecule has 0 saturated carbocycles. The van der Waals surface area contributed by atoms with Crippen molar-refractivity contribution in [2.24, 2.45) is 0 Å². The van der Waals surface area contributed by atoms with Crippen LogP contribution in [0.3, 0.4) is 0 Å². The molecule has 0 aliphatic heterocycles. The Balaban J connectivity index is 2.57. The number of ether oxygens (including phenoxy) is 2. The van der Waals surface area contributed by atoms with Crippen molar-refractivity contribution in [1.82, 2.24) is 10.6 Å². The number of carbonyl (C=O) groups is 1. The zero-order valence-corrected chi connectivity index (χ0v) is 11.4. The summed E-state index contributed by atoms with van der Waals surface area (Å²) in [6, 6.07) is 4.70. The highest BCUT2D eigenvalue weighted by atomic mass is 19.3. The van der Waals surface area contributed by atoms with Gasteiger partial charge in [-0.3, -0.25) is 4.79 Å². The quantitative estimate of drug-likeness (QED) is 0.754. The first-order valence-corrected chi connectivity index (χ1v) is 6.10. The highest BCUT2D eigenvalue weighted by molar-refractivity contribution is 5.77. The van der Waals surface area contributed by atoms with Gasteiger partial charge in [0.05, 0.1) is 13.7 Å². The van der Waals surface area contributed by atoms with E-state index in [-0.39, 0.29) is 24.0 Å². The second-order valence-corrected chi connectivity index (χ2v) is 3.99. The van der Waals surface area contributed by atoms with Gasteiger partial charge in [0.15, 0.2) is 11.5 Å². The third-order valence-corrected chi connectivity index (χ3v) is 2.52. The number of carbonyl (C=O) groups excluding carboxylic acids is 1. The van der Waals surface area contributed by atoms with Crippen LogP contribution in [0.15, 0.2) is 18.2 Å². The molecule has 0 radical (unpaired) electrons. The molecule has 0 aliphatic carbocycles. The fourth-order valence-corrected chi connectivity index (χ4v) is 1.63. The zero-order valence-electron chi connectivity index (χ0n) is 11.4. The minimum atomic E-state index is -2.89. The van der Waals surface area contributed by atoms with E-state index in [4.69, 9.17) is 4.74 Å². The fourth-order valence-electron chi connectivity index (χ4n) is 1.63.